The smallest absolute Gasteiger partial charge is 0.348 e. The van der Waals surface area contributed by atoms with Crippen molar-refractivity contribution >= 4 is 31.9 Å². The van der Waals surface area contributed by atoms with E-state index in [1.165, 1.54) is 0 Å². The molecule has 0 amide bonds. The molecule has 0 fully saturated rings. The van der Waals surface area contributed by atoms with Gasteiger partial charge >= 0.3 is 9.28 Å². The zero-order valence-corrected chi connectivity index (χ0v) is 10.4. The highest BCUT2D eigenvalue weighted by atomic mass is 127. The van der Waals surface area contributed by atoms with E-state index in [2.05, 4.69) is 34.4 Å². The van der Waals surface area contributed by atoms with Crippen molar-refractivity contribution in [3.63, 3.8) is 0 Å². The van der Waals surface area contributed by atoms with Crippen LogP contribution in [0.3, 0.4) is 0 Å². The third-order valence-electron chi connectivity index (χ3n) is 1.04. The molecule has 0 saturated carbocycles. The second kappa shape index (κ2) is 8.70. The molecule has 0 radical (unpaired) electrons. The van der Waals surface area contributed by atoms with Crippen molar-refractivity contribution in [3.05, 3.63) is 11.8 Å². The van der Waals surface area contributed by atoms with Gasteiger partial charge in [0.15, 0.2) is 0 Å². The van der Waals surface area contributed by atoms with E-state index in [4.69, 9.17) is 8.85 Å². The molecule has 0 aromatic carbocycles. The lowest BCUT2D eigenvalue weighted by molar-refractivity contribution is 0.224. The predicted octanol–water partition coefficient (Wildman–Crippen LogP) is 1.81. The lowest BCUT2D eigenvalue weighted by atomic mass is 10.8. The quantitative estimate of drug-likeness (QED) is 0.421. The Hall–Kier alpha value is 0.607. The summed E-state index contributed by atoms with van der Waals surface area (Å²) in [6.07, 6.45) is 2.10. The molecule has 11 heavy (non-hydrogen) atoms. The second-order valence-electron chi connectivity index (χ2n) is 1.86. The topological polar surface area (TPSA) is 18.5 Å². The summed E-state index contributed by atoms with van der Waals surface area (Å²) in [4.78, 5) is 0. The second-order valence-corrected chi connectivity index (χ2v) is 4.53. The van der Waals surface area contributed by atoms with Crippen molar-refractivity contribution in [2.75, 3.05) is 17.6 Å². The Bertz CT molecular complexity index is 103. The van der Waals surface area contributed by atoms with Gasteiger partial charge in [0.2, 0.25) is 0 Å². The van der Waals surface area contributed by atoms with Crippen molar-refractivity contribution in [1.29, 1.82) is 0 Å². The molecule has 66 valence electrons. The fourth-order valence-electron chi connectivity index (χ4n) is 0.650. The first-order valence-corrected chi connectivity index (χ1v) is 6.94. The van der Waals surface area contributed by atoms with Crippen LogP contribution < -0.4 is 0 Å². The van der Waals surface area contributed by atoms with E-state index in [9.17, 15) is 0 Å². The van der Waals surface area contributed by atoms with Crippen molar-refractivity contribution in [2.24, 2.45) is 0 Å². The van der Waals surface area contributed by atoms with E-state index in [1.807, 2.05) is 13.8 Å². The SMILES string of the molecule is CCO[SiH](C=CCI)OCC. The molecule has 0 aliphatic rings. The fraction of sp³-hybridized carbons (Fsp3) is 0.714. The summed E-state index contributed by atoms with van der Waals surface area (Å²) < 4.78 is 11.9. The Kier molecular flexibility index (Phi) is 9.18. The lowest BCUT2D eigenvalue weighted by Crippen LogP contribution is -2.20. The summed E-state index contributed by atoms with van der Waals surface area (Å²) in [5, 5.41) is 0. The standard InChI is InChI=1S/C7H15IO2Si/c1-3-9-11(10-4-2)7-5-6-8/h5,7,11H,3-4,6H2,1-2H3. The molecule has 2 nitrogen and oxygen atoms in total. The highest BCUT2D eigenvalue weighted by molar-refractivity contribution is 14.1. The Balaban J connectivity index is 3.58. The molecule has 0 saturated heterocycles. The largest absolute Gasteiger partial charge is 0.394 e. The van der Waals surface area contributed by atoms with Crippen molar-refractivity contribution in [3.8, 4) is 0 Å². The Morgan fingerprint density at radius 1 is 1.27 bits per heavy atom. The van der Waals surface area contributed by atoms with Crippen LogP contribution in [0.5, 0.6) is 0 Å². The third-order valence-corrected chi connectivity index (χ3v) is 3.46. The van der Waals surface area contributed by atoms with Gasteiger partial charge in [-0.2, -0.15) is 0 Å². The number of halogens is 1. The highest BCUT2D eigenvalue weighted by Crippen LogP contribution is 1.93. The molecule has 0 unspecified atom stereocenters. The number of allylic oxidation sites excluding steroid dienone is 1. The lowest BCUT2D eigenvalue weighted by Gasteiger charge is -2.09. The number of hydrogen-bond donors (Lipinski definition) is 0. The Morgan fingerprint density at radius 3 is 2.18 bits per heavy atom. The zero-order valence-electron chi connectivity index (χ0n) is 7.05. The van der Waals surface area contributed by atoms with Gasteiger partial charge in [-0.3, -0.25) is 0 Å². The maximum atomic E-state index is 5.41. The van der Waals surface area contributed by atoms with Crippen LogP contribution in [0.15, 0.2) is 11.8 Å². The van der Waals surface area contributed by atoms with Crippen LogP contribution in [0.4, 0.5) is 0 Å². The van der Waals surface area contributed by atoms with Crippen molar-refractivity contribution in [2.45, 2.75) is 13.8 Å². The molecular weight excluding hydrogens is 271 g/mol. The average Bonchev–Trinajstić information content (AvgIpc) is 2.01. The minimum atomic E-state index is -1.44. The molecule has 0 aromatic rings. The van der Waals surface area contributed by atoms with Crippen molar-refractivity contribution < 1.29 is 8.85 Å². The highest BCUT2D eigenvalue weighted by Gasteiger charge is 2.05. The number of hydrogen-bond acceptors (Lipinski definition) is 2. The minimum absolute atomic E-state index is 0.752. The summed E-state index contributed by atoms with van der Waals surface area (Å²) in [6.45, 7) is 5.50. The maximum Gasteiger partial charge on any atom is 0.348 e. The maximum absolute atomic E-state index is 5.41. The Labute approximate surface area is 84.0 Å². The van der Waals surface area contributed by atoms with Gasteiger partial charge in [0.25, 0.3) is 0 Å². The van der Waals surface area contributed by atoms with Gasteiger partial charge in [0.05, 0.1) is 0 Å². The van der Waals surface area contributed by atoms with Crippen LogP contribution in [0.25, 0.3) is 0 Å². The third kappa shape index (κ3) is 6.98. The molecular formula is C7H15IO2Si. The van der Waals surface area contributed by atoms with Gasteiger partial charge in [-0.15, -0.1) is 0 Å². The molecule has 4 heteroatoms. The Morgan fingerprint density at radius 2 is 1.82 bits per heavy atom. The normalized spacial score (nSPS) is 11.6. The molecule has 0 N–H and O–H groups in total. The van der Waals surface area contributed by atoms with E-state index in [0.717, 1.165) is 17.6 Å². The molecule has 0 aliphatic heterocycles. The van der Waals surface area contributed by atoms with Crippen LogP contribution in [-0.4, -0.2) is 26.9 Å². The van der Waals surface area contributed by atoms with Gasteiger partial charge < -0.3 is 8.85 Å². The van der Waals surface area contributed by atoms with E-state index in [1.54, 1.807) is 0 Å². The van der Waals surface area contributed by atoms with Crippen LogP contribution in [-0.2, 0) is 8.85 Å². The summed E-state index contributed by atoms with van der Waals surface area (Å²) in [6, 6.07) is 0. The van der Waals surface area contributed by atoms with E-state index >= 15 is 0 Å². The average molecular weight is 286 g/mol. The molecule has 0 aliphatic carbocycles. The first kappa shape index (κ1) is 11.6. The minimum Gasteiger partial charge on any atom is -0.394 e. The van der Waals surface area contributed by atoms with Gasteiger partial charge in [0, 0.05) is 17.6 Å². The molecule has 0 spiro atoms. The van der Waals surface area contributed by atoms with Gasteiger partial charge in [-0.05, 0) is 19.5 Å². The predicted molar refractivity (Wildman–Crippen MR) is 58.4 cm³/mol. The molecule has 0 rings (SSSR count). The van der Waals surface area contributed by atoms with E-state index < -0.39 is 9.28 Å². The van der Waals surface area contributed by atoms with Gasteiger partial charge in [0.1, 0.15) is 0 Å². The molecule has 0 aromatic heterocycles. The summed E-state index contributed by atoms with van der Waals surface area (Å²) in [5.74, 6) is 0. The zero-order chi connectivity index (χ0) is 8.53. The first-order valence-electron chi connectivity index (χ1n) is 3.81. The fourth-order valence-corrected chi connectivity index (χ4v) is 2.83. The van der Waals surface area contributed by atoms with Crippen LogP contribution in [0.2, 0.25) is 0 Å². The van der Waals surface area contributed by atoms with Crippen molar-refractivity contribution in [1.82, 2.24) is 0 Å². The monoisotopic (exact) mass is 286 g/mol. The van der Waals surface area contributed by atoms with E-state index in [-0.39, 0.29) is 0 Å². The molecule has 0 atom stereocenters. The van der Waals surface area contributed by atoms with E-state index in [0.29, 0.717) is 0 Å². The van der Waals surface area contributed by atoms with Gasteiger partial charge in [-0.25, -0.2) is 0 Å². The van der Waals surface area contributed by atoms with Gasteiger partial charge in [-0.1, -0.05) is 28.7 Å². The molecule has 0 heterocycles. The van der Waals surface area contributed by atoms with Crippen LogP contribution in [0.1, 0.15) is 13.8 Å². The number of rotatable bonds is 6. The summed E-state index contributed by atoms with van der Waals surface area (Å²) in [5.41, 5.74) is 2.08. The first-order chi connectivity index (χ1) is 5.35. The molecule has 0 bridgehead atoms. The number of alkyl halides is 1. The summed E-state index contributed by atoms with van der Waals surface area (Å²) >= 11 is 2.30. The summed E-state index contributed by atoms with van der Waals surface area (Å²) in [7, 11) is -1.44. The van der Waals surface area contributed by atoms with Crippen LogP contribution >= 0.6 is 22.6 Å². The van der Waals surface area contributed by atoms with Crippen LogP contribution in [0, 0.1) is 0 Å².